The van der Waals surface area contributed by atoms with Gasteiger partial charge in [-0.1, -0.05) is 0 Å². The quantitative estimate of drug-likeness (QED) is 0.505. The summed E-state index contributed by atoms with van der Waals surface area (Å²) >= 11 is 0. The lowest BCUT2D eigenvalue weighted by atomic mass is 10.3. The van der Waals surface area contributed by atoms with Crippen LogP contribution in [0.15, 0.2) is 23.1 Å². The molecular formula is C11H16N2O7S. The predicted octanol–water partition coefficient (Wildman–Crippen LogP) is -0.111. The van der Waals surface area contributed by atoms with Crippen molar-refractivity contribution in [2.45, 2.75) is 11.0 Å². The van der Waals surface area contributed by atoms with Gasteiger partial charge in [-0.3, -0.25) is 10.1 Å². The van der Waals surface area contributed by atoms with Crippen LogP contribution in [0.3, 0.4) is 0 Å². The number of hydrogen-bond donors (Lipinski definition) is 2. The normalized spacial score (nSPS) is 12.9. The smallest absolute Gasteiger partial charge is 0.273 e. The van der Waals surface area contributed by atoms with Crippen molar-refractivity contribution in [3.05, 3.63) is 28.3 Å². The van der Waals surface area contributed by atoms with E-state index in [-0.39, 0.29) is 29.5 Å². The largest absolute Gasteiger partial charge is 0.495 e. The lowest BCUT2D eigenvalue weighted by molar-refractivity contribution is -0.385. The molecule has 0 amide bonds. The van der Waals surface area contributed by atoms with E-state index < -0.39 is 21.1 Å². The van der Waals surface area contributed by atoms with Crippen molar-refractivity contribution in [3.8, 4) is 5.75 Å². The van der Waals surface area contributed by atoms with Gasteiger partial charge in [0, 0.05) is 19.7 Å². The lowest BCUT2D eigenvalue weighted by Crippen LogP contribution is -2.34. The number of sulfonamides is 1. The number of nitrogens with zero attached hydrogens (tertiary/aromatic N) is 1. The summed E-state index contributed by atoms with van der Waals surface area (Å²) < 4.78 is 35.9. The summed E-state index contributed by atoms with van der Waals surface area (Å²) in [7, 11) is -1.39. The van der Waals surface area contributed by atoms with Crippen molar-refractivity contribution in [2.24, 2.45) is 0 Å². The summed E-state index contributed by atoms with van der Waals surface area (Å²) in [6.07, 6.45) is -1.01. The maximum Gasteiger partial charge on any atom is 0.273 e. The molecule has 1 aromatic rings. The number of nitro benzene ring substituents is 1. The third kappa shape index (κ3) is 4.63. The van der Waals surface area contributed by atoms with E-state index in [4.69, 9.17) is 4.74 Å². The predicted molar refractivity (Wildman–Crippen MR) is 72.7 cm³/mol. The molecule has 0 radical (unpaired) electrons. The van der Waals surface area contributed by atoms with Gasteiger partial charge in [0.1, 0.15) is 10.6 Å². The molecule has 21 heavy (non-hydrogen) atoms. The summed E-state index contributed by atoms with van der Waals surface area (Å²) in [5, 5.41) is 20.1. The lowest BCUT2D eigenvalue weighted by Gasteiger charge is -2.13. The highest BCUT2D eigenvalue weighted by atomic mass is 32.2. The Kier molecular flexibility index (Phi) is 6.03. The van der Waals surface area contributed by atoms with Gasteiger partial charge in [0.05, 0.1) is 30.8 Å². The van der Waals surface area contributed by atoms with Crippen LogP contribution in [0.2, 0.25) is 0 Å². The van der Waals surface area contributed by atoms with Gasteiger partial charge in [-0.25, -0.2) is 13.1 Å². The summed E-state index contributed by atoms with van der Waals surface area (Å²) in [6.45, 7) is -0.282. The first kappa shape index (κ1) is 17.3. The zero-order valence-corrected chi connectivity index (χ0v) is 12.3. The third-order valence-corrected chi connectivity index (χ3v) is 3.98. The number of benzene rings is 1. The minimum absolute atomic E-state index is 0.0279. The summed E-state index contributed by atoms with van der Waals surface area (Å²) in [6, 6.07) is 3.14. The number of methoxy groups -OCH3 is 2. The van der Waals surface area contributed by atoms with E-state index in [0.29, 0.717) is 0 Å². The van der Waals surface area contributed by atoms with Crippen LogP contribution in [0.4, 0.5) is 5.69 Å². The maximum absolute atomic E-state index is 12.1. The zero-order valence-electron chi connectivity index (χ0n) is 11.5. The number of non-ortho nitro benzene ring substituents is 1. The number of rotatable bonds is 8. The molecule has 118 valence electrons. The fraction of sp³-hybridized carbons (Fsp3) is 0.455. The van der Waals surface area contributed by atoms with Gasteiger partial charge in [-0.05, 0) is 6.07 Å². The molecule has 2 N–H and O–H groups in total. The van der Waals surface area contributed by atoms with E-state index in [2.05, 4.69) is 9.46 Å². The zero-order chi connectivity index (χ0) is 16.0. The number of nitrogens with one attached hydrogen (secondary N) is 1. The molecule has 0 saturated heterocycles. The van der Waals surface area contributed by atoms with Crippen LogP contribution >= 0.6 is 0 Å². The van der Waals surface area contributed by atoms with Crippen LogP contribution in [-0.2, 0) is 14.8 Å². The second kappa shape index (κ2) is 7.31. The van der Waals surface area contributed by atoms with Crippen LogP contribution in [0.5, 0.6) is 5.75 Å². The molecule has 1 aromatic carbocycles. The molecule has 0 aliphatic carbocycles. The van der Waals surface area contributed by atoms with Gasteiger partial charge >= 0.3 is 0 Å². The van der Waals surface area contributed by atoms with E-state index >= 15 is 0 Å². The van der Waals surface area contributed by atoms with Crippen LogP contribution in [0, 0.1) is 10.1 Å². The second-order valence-corrected chi connectivity index (χ2v) is 5.79. The average molecular weight is 320 g/mol. The number of ether oxygens (including phenoxy) is 2. The topological polar surface area (TPSA) is 128 Å². The molecule has 0 aliphatic rings. The van der Waals surface area contributed by atoms with Crippen LogP contribution < -0.4 is 9.46 Å². The number of nitro groups is 1. The van der Waals surface area contributed by atoms with Crippen molar-refractivity contribution in [3.63, 3.8) is 0 Å². The SMILES string of the molecule is COCC(O)CNS(=O)(=O)c1ccc([N+](=O)[O-])cc1OC. The Hall–Kier alpha value is -1.75. The van der Waals surface area contributed by atoms with Crippen molar-refractivity contribution in [2.75, 3.05) is 27.4 Å². The van der Waals surface area contributed by atoms with Gasteiger partial charge in [0.15, 0.2) is 0 Å². The van der Waals surface area contributed by atoms with Crippen molar-refractivity contribution in [1.82, 2.24) is 4.72 Å². The van der Waals surface area contributed by atoms with E-state index in [9.17, 15) is 23.6 Å². The highest BCUT2D eigenvalue weighted by Gasteiger charge is 2.22. The van der Waals surface area contributed by atoms with Gasteiger partial charge in [0.2, 0.25) is 10.0 Å². The first-order chi connectivity index (χ1) is 9.81. The standard InChI is InChI=1S/C11H16N2O7S/c1-19-7-9(14)6-12-21(17,18)11-4-3-8(13(15)16)5-10(11)20-2/h3-5,9,12,14H,6-7H2,1-2H3. The Morgan fingerprint density at radius 1 is 1.43 bits per heavy atom. The van der Waals surface area contributed by atoms with Crippen molar-refractivity contribution in [1.29, 1.82) is 0 Å². The van der Waals surface area contributed by atoms with Gasteiger partial charge in [-0.2, -0.15) is 0 Å². The highest BCUT2D eigenvalue weighted by molar-refractivity contribution is 7.89. The summed E-state index contributed by atoms with van der Waals surface area (Å²) in [5.74, 6) is -0.155. The fourth-order valence-electron chi connectivity index (χ4n) is 1.53. The molecule has 1 unspecified atom stereocenters. The van der Waals surface area contributed by atoms with Crippen molar-refractivity contribution < 1.29 is 27.9 Å². The Bertz CT molecular complexity index is 603. The summed E-state index contributed by atoms with van der Waals surface area (Å²) in [5.41, 5.74) is -0.287. The van der Waals surface area contributed by atoms with Gasteiger partial charge < -0.3 is 14.6 Å². The first-order valence-electron chi connectivity index (χ1n) is 5.81. The monoisotopic (exact) mass is 320 g/mol. The van der Waals surface area contributed by atoms with E-state index in [0.717, 1.165) is 18.2 Å². The Morgan fingerprint density at radius 2 is 2.10 bits per heavy atom. The minimum atomic E-state index is -3.97. The van der Waals surface area contributed by atoms with Gasteiger partial charge in [0.25, 0.3) is 5.69 Å². The number of aliphatic hydroxyl groups excluding tert-OH is 1. The molecule has 9 nitrogen and oxygen atoms in total. The van der Waals surface area contributed by atoms with Gasteiger partial charge in [-0.15, -0.1) is 0 Å². The minimum Gasteiger partial charge on any atom is -0.495 e. The Labute approximate surface area is 121 Å². The Balaban J connectivity index is 3.00. The van der Waals surface area contributed by atoms with E-state index in [1.54, 1.807) is 0 Å². The first-order valence-corrected chi connectivity index (χ1v) is 7.29. The molecule has 0 aromatic heterocycles. The fourth-order valence-corrected chi connectivity index (χ4v) is 2.75. The van der Waals surface area contributed by atoms with Crippen molar-refractivity contribution >= 4 is 15.7 Å². The molecule has 0 bridgehead atoms. The van der Waals surface area contributed by atoms with Crippen LogP contribution in [0.25, 0.3) is 0 Å². The van der Waals surface area contributed by atoms with E-state index in [1.165, 1.54) is 14.2 Å². The molecular weight excluding hydrogens is 304 g/mol. The summed E-state index contributed by atoms with van der Waals surface area (Å²) in [4.78, 5) is 9.75. The molecule has 0 aliphatic heterocycles. The molecule has 0 heterocycles. The molecule has 0 spiro atoms. The Morgan fingerprint density at radius 3 is 2.62 bits per heavy atom. The maximum atomic E-state index is 12.1. The number of hydrogen-bond acceptors (Lipinski definition) is 7. The van der Waals surface area contributed by atoms with Crippen LogP contribution in [-0.4, -0.2) is 51.9 Å². The third-order valence-electron chi connectivity index (χ3n) is 2.52. The molecule has 0 saturated carbocycles. The number of aliphatic hydroxyl groups is 1. The second-order valence-electron chi connectivity index (χ2n) is 4.05. The molecule has 1 rings (SSSR count). The molecule has 1 atom stereocenters. The molecule has 10 heteroatoms. The highest BCUT2D eigenvalue weighted by Crippen LogP contribution is 2.28. The molecule has 0 fully saturated rings. The van der Waals surface area contributed by atoms with Crippen LogP contribution in [0.1, 0.15) is 0 Å². The van der Waals surface area contributed by atoms with E-state index in [1.807, 2.05) is 0 Å². The average Bonchev–Trinajstić information content (AvgIpc) is 2.44.